The number of phenolic OH excluding ortho intramolecular Hbond substituents is 1. The van der Waals surface area contributed by atoms with Gasteiger partial charge in [0.1, 0.15) is 5.75 Å². The molecule has 6 heteroatoms. The van der Waals surface area contributed by atoms with Crippen molar-refractivity contribution in [2.75, 3.05) is 0 Å². The molecule has 1 rings (SSSR count). The molecule has 0 aliphatic rings. The van der Waals surface area contributed by atoms with E-state index < -0.39 is 20.5 Å². The zero-order valence-corrected chi connectivity index (χ0v) is 23.0. The fourth-order valence-corrected chi connectivity index (χ4v) is 4.85. The standard InChI is InChI=1S/C26H45NO4Si/c1-13-18(6)23(29)24(31-32(11,12)26(8,9)10)20-15-14-19(7)22(28)21(20)25(30)27(16(2)3)17(4)5/h13-18,23-24,28-29H,1H2,2-12H3/t18-,23-,24+/m1/s1. The first-order valence-corrected chi connectivity index (χ1v) is 14.5. The second kappa shape index (κ2) is 10.5. The van der Waals surface area contributed by atoms with Gasteiger partial charge in [-0.25, -0.2) is 0 Å². The van der Waals surface area contributed by atoms with Gasteiger partial charge in [0.2, 0.25) is 0 Å². The Balaban J connectivity index is 3.82. The summed E-state index contributed by atoms with van der Waals surface area (Å²) in [4.78, 5) is 15.5. The summed E-state index contributed by atoms with van der Waals surface area (Å²) in [7, 11) is -2.33. The first-order chi connectivity index (χ1) is 14.5. The lowest BCUT2D eigenvalue weighted by molar-refractivity contribution is 0.00418. The maximum atomic E-state index is 13.8. The quantitative estimate of drug-likeness (QED) is 0.338. The van der Waals surface area contributed by atoms with Crippen LogP contribution in [0.25, 0.3) is 0 Å². The molecule has 0 unspecified atom stereocenters. The first kappa shape index (κ1) is 28.4. The normalized spacial score (nSPS) is 15.6. The van der Waals surface area contributed by atoms with Gasteiger partial charge in [-0.1, -0.05) is 45.9 Å². The lowest BCUT2D eigenvalue weighted by atomic mass is 9.90. The highest BCUT2D eigenvalue weighted by Gasteiger charge is 2.43. The molecule has 182 valence electrons. The Morgan fingerprint density at radius 1 is 1.12 bits per heavy atom. The molecule has 0 spiro atoms. The predicted molar refractivity (Wildman–Crippen MR) is 136 cm³/mol. The number of carbonyl (C=O) groups excluding carboxylic acids is 1. The van der Waals surface area contributed by atoms with Crippen LogP contribution in [0, 0.1) is 12.8 Å². The summed E-state index contributed by atoms with van der Waals surface area (Å²) in [6.45, 7) is 26.0. The molecule has 0 fully saturated rings. The molecular weight excluding hydrogens is 418 g/mol. The number of aliphatic hydroxyl groups excluding tert-OH is 1. The van der Waals surface area contributed by atoms with E-state index in [1.165, 1.54) is 0 Å². The van der Waals surface area contributed by atoms with Crippen LogP contribution in [0.15, 0.2) is 24.8 Å². The second-order valence-corrected chi connectivity index (χ2v) is 15.7. The second-order valence-electron chi connectivity index (χ2n) is 11.0. The molecule has 0 bridgehead atoms. The van der Waals surface area contributed by atoms with Gasteiger partial charge in [-0.2, -0.15) is 0 Å². The number of hydrogen-bond acceptors (Lipinski definition) is 4. The van der Waals surface area contributed by atoms with E-state index in [9.17, 15) is 15.0 Å². The largest absolute Gasteiger partial charge is 0.507 e. The summed E-state index contributed by atoms with van der Waals surface area (Å²) in [5.41, 5.74) is 1.35. The van der Waals surface area contributed by atoms with Gasteiger partial charge in [-0.15, -0.1) is 6.58 Å². The molecule has 0 saturated carbocycles. The number of aliphatic hydroxyl groups is 1. The van der Waals surface area contributed by atoms with Crippen LogP contribution in [-0.2, 0) is 4.43 Å². The van der Waals surface area contributed by atoms with Gasteiger partial charge in [-0.3, -0.25) is 4.79 Å². The summed E-state index contributed by atoms with van der Waals surface area (Å²) in [6.07, 6.45) is 0.00821. The Hall–Kier alpha value is -1.63. The molecule has 32 heavy (non-hydrogen) atoms. The van der Waals surface area contributed by atoms with Crippen LogP contribution in [0.1, 0.15) is 83.0 Å². The Morgan fingerprint density at radius 3 is 2.03 bits per heavy atom. The van der Waals surface area contributed by atoms with E-state index in [0.29, 0.717) is 11.1 Å². The molecule has 1 aromatic rings. The Morgan fingerprint density at radius 2 is 1.62 bits per heavy atom. The van der Waals surface area contributed by atoms with Gasteiger partial charge in [0, 0.05) is 18.0 Å². The van der Waals surface area contributed by atoms with Crippen molar-refractivity contribution in [3.05, 3.63) is 41.5 Å². The minimum absolute atomic E-state index is 0.0490. The highest BCUT2D eigenvalue weighted by Crippen LogP contribution is 2.43. The Bertz CT molecular complexity index is 803. The third-order valence-electron chi connectivity index (χ3n) is 6.73. The Kier molecular flexibility index (Phi) is 9.35. The molecule has 0 aliphatic heterocycles. The van der Waals surface area contributed by atoms with E-state index in [1.54, 1.807) is 24.0 Å². The first-order valence-electron chi connectivity index (χ1n) is 11.6. The number of nitrogens with zero attached hydrogens (tertiary/aromatic N) is 1. The molecule has 1 amide bonds. The zero-order valence-electron chi connectivity index (χ0n) is 22.0. The van der Waals surface area contributed by atoms with E-state index in [-0.39, 0.29) is 40.3 Å². The third-order valence-corrected chi connectivity index (χ3v) is 11.2. The van der Waals surface area contributed by atoms with Crippen molar-refractivity contribution >= 4 is 14.2 Å². The van der Waals surface area contributed by atoms with Crippen molar-refractivity contribution in [3.63, 3.8) is 0 Å². The average Bonchev–Trinajstić information content (AvgIpc) is 2.65. The summed E-state index contributed by atoms with van der Waals surface area (Å²) in [6, 6.07) is 3.50. The van der Waals surface area contributed by atoms with Crippen LogP contribution in [0.5, 0.6) is 5.75 Å². The van der Waals surface area contributed by atoms with Crippen molar-refractivity contribution in [2.45, 2.75) is 105 Å². The molecule has 0 heterocycles. The molecule has 0 radical (unpaired) electrons. The molecule has 3 atom stereocenters. The number of carbonyl (C=O) groups is 1. The zero-order chi connectivity index (χ0) is 25.2. The van der Waals surface area contributed by atoms with Crippen molar-refractivity contribution in [3.8, 4) is 5.75 Å². The number of hydrogen-bond donors (Lipinski definition) is 2. The summed E-state index contributed by atoms with van der Waals surface area (Å²) in [5.74, 6) is -0.572. The maximum absolute atomic E-state index is 13.8. The van der Waals surface area contributed by atoms with Gasteiger partial charge in [0.25, 0.3) is 5.91 Å². The molecule has 0 aliphatic carbocycles. The van der Waals surface area contributed by atoms with E-state index >= 15 is 0 Å². The number of rotatable bonds is 9. The Labute approximate surface area is 196 Å². The van der Waals surface area contributed by atoms with Gasteiger partial charge < -0.3 is 19.5 Å². The van der Waals surface area contributed by atoms with Crippen molar-refractivity contribution in [1.82, 2.24) is 4.90 Å². The fraction of sp³-hybridized carbons (Fsp3) is 0.654. The smallest absolute Gasteiger partial charge is 0.258 e. The van der Waals surface area contributed by atoms with E-state index in [4.69, 9.17) is 4.43 Å². The lowest BCUT2D eigenvalue weighted by Crippen LogP contribution is -2.46. The summed E-state index contributed by atoms with van der Waals surface area (Å²) < 4.78 is 6.72. The number of benzene rings is 1. The molecule has 0 aromatic heterocycles. The minimum Gasteiger partial charge on any atom is -0.507 e. The SMILES string of the molecule is C=C[C@@H](C)[C@@H](O)[C@@H](O[Si](C)(C)C(C)(C)C)c1ccc(C)c(O)c1C(=O)N(C(C)C)C(C)C. The van der Waals surface area contributed by atoms with Gasteiger partial charge in [0.05, 0.1) is 17.8 Å². The van der Waals surface area contributed by atoms with Gasteiger partial charge in [-0.05, 0) is 63.9 Å². The highest BCUT2D eigenvalue weighted by molar-refractivity contribution is 6.74. The van der Waals surface area contributed by atoms with Crippen LogP contribution in [0.4, 0.5) is 0 Å². The van der Waals surface area contributed by atoms with Crippen LogP contribution in [0.2, 0.25) is 18.1 Å². The lowest BCUT2D eigenvalue weighted by Gasteiger charge is -2.42. The molecule has 5 nitrogen and oxygen atoms in total. The van der Waals surface area contributed by atoms with E-state index in [2.05, 4.69) is 40.4 Å². The minimum atomic E-state index is -2.33. The highest BCUT2D eigenvalue weighted by atomic mass is 28.4. The van der Waals surface area contributed by atoms with Crippen molar-refractivity contribution in [1.29, 1.82) is 0 Å². The number of aryl methyl sites for hydroxylation is 1. The topological polar surface area (TPSA) is 70.0 Å². The van der Waals surface area contributed by atoms with E-state index in [0.717, 1.165) is 0 Å². The van der Waals surface area contributed by atoms with Crippen LogP contribution >= 0.6 is 0 Å². The fourth-order valence-electron chi connectivity index (χ4n) is 3.59. The number of amides is 1. The summed E-state index contributed by atoms with van der Waals surface area (Å²) >= 11 is 0. The predicted octanol–water partition coefficient (Wildman–Crippen LogP) is 6.21. The molecule has 2 N–H and O–H groups in total. The van der Waals surface area contributed by atoms with E-state index in [1.807, 2.05) is 40.7 Å². The van der Waals surface area contributed by atoms with Crippen LogP contribution in [-0.4, -0.2) is 47.5 Å². The van der Waals surface area contributed by atoms with Crippen molar-refractivity contribution in [2.24, 2.45) is 5.92 Å². The number of phenols is 1. The average molecular weight is 464 g/mol. The van der Waals surface area contributed by atoms with Crippen molar-refractivity contribution < 1.29 is 19.4 Å². The van der Waals surface area contributed by atoms with Gasteiger partial charge in [0.15, 0.2) is 8.32 Å². The monoisotopic (exact) mass is 463 g/mol. The van der Waals surface area contributed by atoms with Crippen LogP contribution in [0.3, 0.4) is 0 Å². The van der Waals surface area contributed by atoms with Gasteiger partial charge >= 0.3 is 0 Å². The molecule has 0 saturated heterocycles. The molecule has 1 aromatic carbocycles. The maximum Gasteiger partial charge on any atom is 0.258 e. The molecular formula is C26H45NO4Si. The van der Waals surface area contributed by atoms with Crippen LogP contribution < -0.4 is 0 Å². The summed E-state index contributed by atoms with van der Waals surface area (Å²) in [5, 5.41) is 22.3. The number of aromatic hydroxyl groups is 1. The third kappa shape index (κ3) is 6.03.